The molecule has 3 rings (SSSR count). The van der Waals surface area contributed by atoms with E-state index in [4.69, 9.17) is 4.74 Å². The Morgan fingerprint density at radius 2 is 1.78 bits per heavy atom. The highest BCUT2D eigenvalue weighted by molar-refractivity contribution is 5.91. The largest absolute Gasteiger partial charge is 0.496 e. The standard InChI is InChI=1S/C24H26F4N2O2/c1-15-8-10-17-19(6-5-7-20(17)30-15)29-14-22(2,13-23(3,31)24(26,27)28)18-12-16(25)9-11-21(18)32-4/h5-12,29,31H,13-14H2,1-4H3. The van der Waals surface area contributed by atoms with Gasteiger partial charge in [0.1, 0.15) is 11.6 Å². The van der Waals surface area contributed by atoms with Crippen LogP contribution < -0.4 is 10.1 Å². The maximum absolute atomic E-state index is 14.1. The number of hydrogen-bond donors (Lipinski definition) is 2. The van der Waals surface area contributed by atoms with E-state index < -0.39 is 29.4 Å². The summed E-state index contributed by atoms with van der Waals surface area (Å²) in [7, 11) is 1.37. The van der Waals surface area contributed by atoms with Gasteiger partial charge < -0.3 is 15.2 Å². The smallest absolute Gasteiger partial charge is 0.416 e. The van der Waals surface area contributed by atoms with Gasteiger partial charge in [-0.3, -0.25) is 4.98 Å². The van der Waals surface area contributed by atoms with Crippen LogP contribution in [0, 0.1) is 12.7 Å². The molecule has 8 heteroatoms. The van der Waals surface area contributed by atoms with Crippen LogP contribution in [0.25, 0.3) is 10.9 Å². The molecule has 0 aliphatic carbocycles. The number of halogens is 4. The molecular weight excluding hydrogens is 424 g/mol. The number of ether oxygens (including phenoxy) is 1. The first kappa shape index (κ1) is 23.8. The van der Waals surface area contributed by atoms with Gasteiger partial charge in [0.05, 0.1) is 12.6 Å². The van der Waals surface area contributed by atoms with E-state index in [0.29, 0.717) is 5.69 Å². The fourth-order valence-corrected chi connectivity index (χ4v) is 3.97. The number of rotatable bonds is 7. The van der Waals surface area contributed by atoms with Crippen molar-refractivity contribution in [2.24, 2.45) is 0 Å². The number of alkyl halides is 3. The van der Waals surface area contributed by atoms with Gasteiger partial charge in [-0.25, -0.2) is 4.39 Å². The Balaban J connectivity index is 2.05. The number of nitrogens with zero attached hydrogens (tertiary/aromatic N) is 1. The lowest BCUT2D eigenvalue weighted by Gasteiger charge is -2.39. The summed E-state index contributed by atoms with van der Waals surface area (Å²) in [6, 6.07) is 12.9. The Bertz CT molecular complexity index is 1110. The number of aliphatic hydroxyl groups is 1. The Kier molecular flexibility index (Phi) is 6.38. The van der Waals surface area contributed by atoms with Crippen LogP contribution in [0.15, 0.2) is 48.5 Å². The molecule has 2 unspecified atom stereocenters. The molecule has 0 aliphatic heterocycles. The summed E-state index contributed by atoms with van der Waals surface area (Å²) in [5, 5.41) is 14.3. The van der Waals surface area contributed by atoms with Crippen molar-refractivity contribution in [1.82, 2.24) is 4.98 Å². The van der Waals surface area contributed by atoms with Crippen molar-refractivity contribution >= 4 is 16.6 Å². The lowest BCUT2D eigenvalue weighted by atomic mass is 9.73. The van der Waals surface area contributed by atoms with E-state index in [-0.39, 0.29) is 17.9 Å². The molecule has 172 valence electrons. The molecule has 0 fully saturated rings. The summed E-state index contributed by atoms with van der Waals surface area (Å²) in [5.41, 5.74) is -1.87. The van der Waals surface area contributed by atoms with E-state index in [2.05, 4.69) is 10.3 Å². The van der Waals surface area contributed by atoms with Crippen molar-refractivity contribution in [1.29, 1.82) is 0 Å². The average Bonchev–Trinajstić information content (AvgIpc) is 2.70. The molecule has 2 aromatic carbocycles. The predicted octanol–water partition coefficient (Wildman–Crippen LogP) is 5.76. The zero-order chi connectivity index (χ0) is 23.7. The van der Waals surface area contributed by atoms with Gasteiger partial charge in [0, 0.05) is 34.3 Å². The van der Waals surface area contributed by atoms with Crippen LogP contribution in [-0.4, -0.2) is 35.5 Å². The zero-order valence-corrected chi connectivity index (χ0v) is 18.3. The first-order valence-electron chi connectivity index (χ1n) is 10.1. The number of aromatic nitrogens is 1. The number of benzene rings is 2. The van der Waals surface area contributed by atoms with Crippen molar-refractivity contribution in [2.75, 3.05) is 19.0 Å². The first-order chi connectivity index (χ1) is 14.9. The predicted molar refractivity (Wildman–Crippen MR) is 117 cm³/mol. The van der Waals surface area contributed by atoms with E-state index in [9.17, 15) is 22.7 Å². The number of hydrogen-bond acceptors (Lipinski definition) is 4. The Labute approximate surface area is 184 Å². The quantitative estimate of drug-likeness (QED) is 0.449. The molecule has 1 aromatic heterocycles. The van der Waals surface area contributed by atoms with Crippen molar-refractivity contribution in [3.8, 4) is 5.75 Å². The minimum atomic E-state index is -4.87. The van der Waals surface area contributed by atoms with Crippen molar-refractivity contribution < 1.29 is 27.4 Å². The number of anilines is 1. The maximum atomic E-state index is 14.1. The highest BCUT2D eigenvalue weighted by Gasteiger charge is 2.53. The molecule has 2 atom stereocenters. The van der Waals surface area contributed by atoms with Crippen LogP contribution >= 0.6 is 0 Å². The second-order valence-electron chi connectivity index (χ2n) is 8.53. The highest BCUT2D eigenvalue weighted by atomic mass is 19.4. The molecule has 0 amide bonds. The van der Waals surface area contributed by atoms with E-state index >= 15 is 0 Å². The summed E-state index contributed by atoms with van der Waals surface area (Å²) in [5.74, 6) is -0.368. The summed E-state index contributed by atoms with van der Waals surface area (Å²) in [6.45, 7) is 4.12. The molecule has 32 heavy (non-hydrogen) atoms. The highest BCUT2D eigenvalue weighted by Crippen LogP contribution is 2.44. The maximum Gasteiger partial charge on any atom is 0.416 e. The van der Waals surface area contributed by atoms with Crippen molar-refractivity contribution in [2.45, 2.75) is 44.4 Å². The summed E-state index contributed by atoms with van der Waals surface area (Å²) in [6.07, 6.45) is -5.58. The molecule has 2 N–H and O–H groups in total. The first-order valence-corrected chi connectivity index (χ1v) is 10.1. The van der Waals surface area contributed by atoms with E-state index in [1.165, 1.54) is 19.2 Å². The number of fused-ring (bicyclic) bond motifs is 1. The number of pyridine rings is 1. The third-order valence-corrected chi connectivity index (χ3v) is 5.70. The van der Waals surface area contributed by atoms with Gasteiger partial charge in [0.15, 0.2) is 5.60 Å². The Hall–Kier alpha value is -2.87. The molecule has 1 heterocycles. The normalized spacial score (nSPS) is 15.8. The number of aryl methyl sites for hydroxylation is 1. The SMILES string of the molecule is COc1ccc(F)cc1C(C)(CNc1cccc2nc(C)ccc12)CC(C)(O)C(F)(F)F. The van der Waals surface area contributed by atoms with Crippen LogP contribution in [-0.2, 0) is 5.41 Å². The van der Waals surface area contributed by atoms with Crippen LogP contribution in [0.1, 0.15) is 31.5 Å². The van der Waals surface area contributed by atoms with Crippen molar-refractivity contribution in [3.63, 3.8) is 0 Å². The van der Waals surface area contributed by atoms with Crippen molar-refractivity contribution in [3.05, 3.63) is 65.6 Å². The number of nitrogens with one attached hydrogen (secondary N) is 1. The van der Waals surface area contributed by atoms with E-state index in [1.54, 1.807) is 19.1 Å². The lowest BCUT2D eigenvalue weighted by molar-refractivity contribution is -0.259. The fraction of sp³-hybridized carbons (Fsp3) is 0.375. The molecular formula is C24H26F4N2O2. The van der Waals surface area contributed by atoms with Crippen LogP contribution in [0.3, 0.4) is 0 Å². The molecule has 4 nitrogen and oxygen atoms in total. The summed E-state index contributed by atoms with van der Waals surface area (Å²) >= 11 is 0. The van der Waals surface area contributed by atoms with Gasteiger partial charge in [0.25, 0.3) is 0 Å². The monoisotopic (exact) mass is 450 g/mol. The number of methoxy groups -OCH3 is 1. The molecule has 0 saturated carbocycles. The fourth-order valence-electron chi connectivity index (χ4n) is 3.97. The zero-order valence-electron chi connectivity index (χ0n) is 18.3. The van der Waals surface area contributed by atoms with Gasteiger partial charge in [0.2, 0.25) is 0 Å². The van der Waals surface area contributed by atoms with E-state index in [1.807, 2.05) is 25.1 Å². The molecule has 0 saturated heterocycles. The second kappa shape index (κ2) is 8.58. The van der Waals surface area contributed by atoms with Gasteiger partial charge in [-0.1, -0.05) is 13.0 Å². The Morgan fingerprint density at radius 1 is 1.06 bits per heavy atom. The molecule has 0 radical (unpaired) electrons. The molecule has 0 aliphatic rings. The van der Waals surface area contributed by atoms with Gasteiger partial charge in [-0.2, -0.15) is 13.2 Å². The second-order valence-corrected chi connectivity index (χ2v) is 8.53. The van der Waals surface area contributed by atoms with Crippen LogP contribution in [0.2, 0.25) is 0 Å². The minimum Gasteiger partial charge on any atom is -0.496 e. The van der Waals surface area contributed by atoms with E-state index in [0.717, 1.165) is 29.6 Å². The van der Waals surface area contributed by atoms with Gasteiger partial charge in [-0.05, 0) is 62.7 Å². The molecule has 0 bridgehead atoms. The minimum absolute atomic E-state index is 0.0218. The average molecular weight is 450 g/mol. The van der Waals surface area contributed by atoms with Crippen LogP contribution in [0.4, 0.5) is 23.2 Å². The third kappa shape index (κ3) is 4.80. The lowest BCUT2D eigenvalue weighted by Crippen LogP contribution is -2.49. The topological polar surface area (TPSA) is 54.4 Å². The molecule has 3 aromatic rings. The summed E-state index contributed by atoms with van der Waals surface area (Å²) < 4.78 is 60.1. The third-order valence-electron chi connectivity index (χ3n) is 5.70. The summed E-state index contributed by atoms with van der Waals surface area (Å²) in [4.78, 5) is 4.47. The molecule has 0 spiro atoms. The van der Waals surface area contributed by atoms with Gasteiger partial charge >= 0.3 is 6.18 Å². The van der Waals surface area contributed by atoms with Gasteiger partial charge in [-0.15, -0.1) is 0 Å². The Morgan fingerprint density at radius 3 is 2.44 bits per heavy atom. The van der Waals surface area contributed by atoms with Crippen LogP contribution in [0.5, 0.6) is 5.75 Å².